The Morgan fingerprint density at radius 1 is 1.35 bits per heavy atom. The van der Waals surface area contributed by atoms with E-state index < -0.39 is 0 Å². The molecule has 1 fully saturated rings. The summed E-state index contributed by atoms with van der Waals surface area (Å²) in [5.74, 6) is 0.864. The van der Waals surface area contributed by atoms with E-state index >= 15 is 0 Å². The third-order valence-electron chi connectivity index (χ3n) is 4.87. The largest absolute Gasteiger partial charge is 0.469 e. The maximum absolute atomic E-state index is 11.8. The van der Waals surface area contributed by atoms with Crippen LogP contribution in [0.3, 0.4) is 0 Å². The number of likely N-dealkylation sites (tertiary alicyclic amines) is 1. The molecule has 2 rings (SSSR count). The minimum atomic E-state index is -0.140. The zero-order valence-electron chi connectivity index (χ0n) is 16.3. The van der Waals surface area contributed by atoms with Gasteiger partial charge in [-0.05, 0) is 24.8 Å². The van der Waals surface area contributed by atoms with Crippen LogP contribution in [0.25, 0.3) is 0 Å². The SMILES string of the molecule is CN=C(NCCCOC(C)c1ccccc1)N1CC(C)C(C(=O)OC)C1. The second-order valence-corrected chi connectivity index (χ2v) is 6.76. The molecule has 3 unspecified atom stereocenters. The number of hydrogen-bond acceptors (Lipinski definition) is 4. The quantitative estimate of drug-likeness (QED) is 0.350. The number of methoxy groups -OCH3 is 1. The molecule has 0 saturated carbocycles. The first-order valence-corrected chi connectivity index (χ1v) is 9.26. The topological polar surface area (TPSA) is 63.2 Å². The Balaban J connectivity index is 1.70. The standard InChI is InChI=1S/C20H31N3O3/c1-15-13-23(14-18(15)19(24)25-4)20(21-3)22-11-8-12-26-16(2)17-9-6-5-7-10-17/h5-7,9-10,15-16,18H,8,11-14H2,1-4H3,(H,21,22). The summed E-state index contributed by atoms with van der Waals surface area (Å²) in [6.45, 7) is 7.06. The summed E-state index contributed by atoms with van der Waals surface area (Å²) in [5, 5.41) is 3.37. The molecule has 1 saturated heterocycles. The fraction of sp³-hybridized carbons (Fsp3) is 0.600. The van der Waals surface area contributed by atoms with Crippen molar-refractivity contribution < 1.29 is 14.3 Å². The number of aliphatic imine (C=N–C) groups is 1. The summed E-state index contributed by atoms with van der Waals surface area (Å²) in [6.07, 6.45) is 0.982. The number of carbonyl (C=O) groups is 1. The van der Waals surface area contributed by atoms with Crippen molar-refractivity contribution in [1.82, 2.24) is 10.2 Å². The third-order valence-corrected chi connectivity index (χ3v) is 4.87. The van der Waals surface area contributed by atoms with Gasteiger partial charge < -0.3 is 19.7 Å². The number of nitrogens with one attached hydrogen (secondary N) is 1. The van der Waals surface area contributed by atoms with Gasteiger partial charge in [0.05, 0.1) is 19.1 Å². The van der Waals surface area contributed by atoms with E-state index in [0.29, 0.717) is 13.2 Å². The Morgan fingerprint density at radius 3 is 2.73 bits per heavy atom. The molecule has 6 nitrogen and oxygen atoms in total. The molecule has 1 aliphatic heterocycles. The van der Waals surface area contributed by atoms with Crippen LogP contribution in [-0.2, 0) is 14.3 Å². The number of hydrogen-bond donors (Lipinski definition) is 1. The normalized spacial score (nSPS) is 21.5. The summed E-state index contributed by atoms with van der Waals surface area (Å²) in [4.78, 5) is 18.3. The molecule has 1 N–H and O–H groups in total. The van der Waals surface area contributed by atoms with E-state index in [9.17, 15) is 4.79 Å². The van der Waals surface area contributed by atoms with Crippen LogP contribution in [0.15, 0.2) is 35.3 Å². The average molecular weight is 361 g/mol. The monoisotopic (exact) mass is 361 g/mol. The lowest BCUT2D eigenvalue weighted by atomic mass is 9.99. The molecular weight excluding hydrogens is 330 g/mol. The molecular formula is C20H31N3O3. The van der Waals surface area contributed by atoms with Gasteiger partial charge in [0, 0.05) is 33.3 Å². The van der Waals surface area contributed by atoms with Gasteiger partial charge in [-0.2, -0.15) is 0 Å². The van der Waals surface area contributed by atoms with Crippen LogP contribution in [0.4, 0.5) is 0 Å². The Bertz CT molecular complexity index is 591. The number of guanidine groups is 1. The highest BCUT2D eigenvalue weighted by Crippen LogP contribution is 2.24. The number of rotatable bonds is 7. The number of esters is 1. The first kappa shape index (κ1) is 20.2. The maximum atomic E-state index is 11.8. The smallest absolute Gasteiger partial charge is 0.310 e. The van der Waals surface area contributed by atoms with Gasteiger partial charge in [-0.15, -0.1) is 0 Å². The number of ether oxygens (including phenoxy) is 2. The Hall–Kier alpha value is -2.08. The van der Waals surface area contributed by atoms with E-state index in [-0.39, 0.29) is 23.9 Å². The molecule has 3 atom stereocenters. The predicted octanol–water partition coefficient (Wildman–Crippen LogP) is 2.47. The summed E-state index contributed by atoms with van der Waals surface area (Å²) < 4.78 is 10.8. The van der Waals surface area contributed by atoms with Crippen LogP contribution in [0.5, 0.6) is 0 Å². The number of carbonyl (C=O) groups excluding carboxylic acids is 1. The molecule has 6 heteroatoms. The van der Waals surface area contributed by atoms with Gasteiger partial charge in [0.15, 0.2) is 5.96 Å². The zero-order valence-corrected chi connectivity index (χ0v) is 16.3. The van der Waals surface area contributed by atoms with Crippen molar-refractivity contribution in [3.8, 4) is 0 Å². The average Bonchev–Trinajstić information content (AvgIpc) is 3.06. The van der Waals surface area contributed by atoms with Crippen molar-refractivity contribution in [2.75, 3.05) is 40.4 Å². The van der Waals surface area contributed by atoms with E-state index in [1.165, 1.54) is 12.7 Å². The van der Waals surface area contributed by atoms with Crippen molar-refractivity contribution in [2.24, 2.45) is 16.8 Å². The van der Waals surface area contributed by atoms with Gasteiger partial charge in [-0.25, -0.2) is 0 Å². The van der Waals surface area contributed by atoms with Gasteiger partial charge in [0.2, 0.25) is 0 Å². The molecule has 26 heavy (non-hydrogen) atoms. The predicted molar refractivity (Wildman–Crippen MR) is 103 cm³/mol. The lowest BCUT2D eigenvalue weighted by molar-refractivity contribution is -0.145. The first-order chi connectivity index (χ1) is 12.6. The van der Waals surface area contributed by atoms with Gasteiger partial charge in [0.25, 0.3) is 0 Å². The minimum absolute atomic E-state index is 0.0893. The first-order valence-electron chi connectivity index (χ1n) is 9.26. The molecule has 1 aliphatic rings. The summed E-state index contributed by atoms with van der Waals surface area (Å²) in [7, 11) is 3.22. The highest BCUT2D eigenvalue weighted by Gasteiger charge is 2.36. The fourth-order valence-electron chi connectivity index (χ4n) is 3.28. The molecule has 144 valence electrons. The molecule has 0 spiro atoms. The minimum Gasteiger partial charge on any atom is -0.469 e. The fourth-order valence-corrected chi connectivity index (χ4v) is 3.28. The lowest BCUT2D eigenvalue weighted by Crippen LogP contribution is -2.41. The molecule has 0 aromatic heterocycles. The summed E-state index contributed by atoms with van der Waals surface area (Å²) >= 11 is 0. The Kier molecular flexibility index (Phi) is 7.91. The van der Waals surface area contributed by atoms with E-state index in [0.717, 1.165) is 25.5 Å². The van der Waals surface area contributed by atoms with Crippen LogP contribution in [0, 0.1) is 11.8 Å². The van der Waals surface area contributed by atoms with Crippen molar-refractivity contribution in [1.29, 1.82) is 0 Å². The van der Waals surface area contributed by atoms with E-state index in [2.05, 4.69) is 41.2 Å². The van der Waals surface area contributed by atoms with Crippen molar-refractivity contribution in [3.63, 3.8) is 0 Å². The molecule has 1 aromatic rings. The maximum Gasteiger partial charge on any atom is 0.310 e. The van der Waals surface area contributed by atoms with Crippen molar-refractivity contribution >= 4 is 11.9 Å². The number of benzene rings is 1. The molecule has 0 bridgehead atoms. The van der Waals surface area contributed by atoms with Gasteiger partial charge in [-0.1, -0.05) is 37.3 Å². The Labute approximate surface area is 156 Å². The molecule has 0 aliphatic carbocycles. The van der Waals surface area contributed by atoms with Crippen LogP contribution in [-0.4, -0.2) is 57.2 Å². The van der Waals surface area contributed by atoms with E-state index in [4.69, 9.17) is 9.47 Å². The third kappa shape index (κ3) is 5.46. The molecule has 1 heterocycles. The number of nitrogens with zero attached hydrogens (tertiary/aromatic N) is 2. The van der Waals surface area contributed by atoms with E-state index in [1.54, 1.807) is 7.05 Å². The Morgan fingerprint density at radius 2 is 2.08 bits per heavy atom. The summed E-state index contributed by atoms with van der Waals surface area (Å²) in [5.41, 5.74) is 1.19. The van der Waals surface area contributed by atoms with Crippen LogP contribution in [0.2, 0.25) is 0 Å². The van der Waals surface area contributed by atoms with Crippen LogP contribution >= 0.6 is 0 Å². The molecule has 0 amide bonds. The van der Waals surface area contributed by atoms with E-state index in [1.807, 2.05) is 18.2 Å². The highest BCUT2D eigenvalue weighted by molar-refractivity contribution is 5.82. The van der Waals surface area contributed by atoms with Gasteiger partial charge in [0.1, 0.15) is 0 Å². The van der Waals surface area contributed by atoms with Gasteiger partial charge >= 0.3 is 5.97 Å². The molecule has 0 radical (unpaired) electrons. The second kappa shape index (κ2) is 10.2. The second-order valence-electron chi connectivity index (χ2n) is 6.76. The van der Waals surface area contributed by atoms with Crippen molar-refractivity contribution in [2.45, 2.75) is 26.4 Å². The van der Waals surface area contributed by atoms with Crippen molar-refractivity contribution in [3.05, 3.63) is 35.9 Å². The summed E-state index contributed by atoms with van der Waals surface area (Å²) in [6, 6.07) is 10.2. The highest BCUT2D eigenvalue weighted by atomic mass is 16.5. The molecule has 1 aromatic carbocycles. The van der Waals surface area contributed by atoms with Crippen LogP contribution in [0.1, 0.15) is 31.9 Å². The zero-order chi connectivity index (χ0) is 18.9. The lowest BCUT2D eigenvalue weighted by Gasteiger charge is -2.21. The van der Waals surface area contributed by atoms with Crippen LogP contribution < -0.4 is 5.32 Å². The van der Waals surface area contributed by atoms with Gasteiger partial charge in [-0.3, -0.25) is 9.79 Å².